The van der Waals surface area contributed by atoms with E-state index in [0.717, 1.165) is 11.0 Å². The van der Waals surface area contributed by atoms with E-state index in [0.29, 0.717) is 0 Å². The van der Waals surface area contributed by atoms with Crippen molar-refractivity contribution in [1.82, 2.24) is 44.5 Å². The van der Waals surface area contributed by atoms with Crippen LogP contribution < -0.4 is 17.0 Å². The number of H-pyrrole nitrogens is 1. The molecule has 7 heterocycles. The topological polar surface area (TPSA) is 265 Å². The lowest BCUT2D eigenvalue weighted by molar-refractivity contribution is -0.0631. The quantitative estimate of drug-likeness (QED) is 0.135. The molecule has 7 rings (SSSR count). The van der Waals surface area contributed by atoms with Crippen molar-refractivity contribution in [2.75, 3.05) is 31.3 Å². The number of halogens is 1. The number of fused-ring (bicyclic) bond motifs is 5. The zero-order valence-electron chi connectivity index (χ0n) is 21.9. The fourth-order valence-corrected chi connectivity index (χ4v) is 8.12. The highest BCUT2D eigenvalue weighted by Gasteiger charge is 2.58. The Labute approximate surface area is 254 Å². The van der Waals surface area contributed by atoms with Crippen molar-refractivity contribution in [3.63, 3.8) is 0 Å². The molecular formula is C19H22FN11O9P2S2. The zero-order valence-corrected chi connectivity index (χ0v) is 25.4. The lowest BCUT2D eigenvalue weighted by Crippen LogP contribution is -2.46. The fourth-order valence-electron chi connectivity index (χ4n) is 5.17. The molecule has 2 bridgehead atoms. The van der Waals surface area contributed by atoms with Crippen LogP contribution in [-0.2, 0) is 49.7 Å². The molecule has 4 aromatic heterocycles. The number of nitrogens with zero attached hydrogens (tertiary/aromatic N) is 8. The molecule has 4 aromatic rings. The molecule has 25 heteroatoms. The van der Waals surface area contributed by atoms with E-state index in [1.54, 1.807) is 0 Å². The van der Waals surface area contributed by atoms with Crippen molar-refractivity contribution in [2.45, 2.75) is 42.9 Å². The maximum Gasteiger partial charge on any atom is 0.386 e. The van der Waals surface area contributed by atoms with Crippen molar-refractivity contribution < 1.29 is 41.4 Å². The van der Waals surface area contributed by atoms with Gasteiger partial charge in [0.05, 0.1) is 25.6 Å². The minimum Gasteiger partial charge on any atom is -0.382 e. The Balaban J connectivity index is 1.21. The van der Waals surface area contributed by atoms with Gasteiger partial charge < -0.3 is 30.4 Å². The number of alkyl halides is 1. The van der Waals surface area contributed by atoms with E-state index < -0.39 is 68.7 Å². The third-order valence-electron chi connectivity index (χ3n) is 7.10. The smallest absolute Gasteiger partial charge is 0.382 e. The lowest BCUT2D eigenvalue weighted by Gasteiger charge is -2.31. The molecule has 20 nitrogen and oxygen atoms in total. The molecule has 0 aromatic carbocycles. The maximum absolute atomic E-state index is 16.8. The Morgan fingerprint density at radius 3 is 2.80 bits per heavy atom. The SMILES string of the molecule is Nc1nc2c(ncn2[C@@H]2O[C@@H]3COP(O)(=S)O[C@@H]4[C@@H](COP(=O)(S)O[C@H]2C3)OC[C@@]4(F)n2nnc3c(N)ncnc32)c(=O)[nH]1. The van der Waals surface area contributed by atoms with Crippen molar-refractivity contribution in [3.8, 4) is 0 Å². The number of nitrogens with two attached hydrogens (primary N) is 2. The monoisotopic (exact) mass is 693 g/mol. The number of hydrogen-bond acceptors (Lipinski definition) is 17. The lowest BCUT2D eigenvalue weighted by atomic mass is 10.1. The summed E-state index contributed by atoms with van der Waals surface area (Å²) >= 11 is 9.33. The third-order valence-corrected chi connectivity index (χ3v) is 10.3. The second kappa shape index (κ2) is 10.7. The first-order valence-electron chi connectivity index (χ1n) is 12.7. The zero-order chi connectivity index (χ0) is 31.0. The van der Waals surface area contributed by atoms with Crippen molar-refractivity contribution >= 4 is 71.7 Å². The van der Waals surface area contributed by atoms with Crippen LogP contribution in [0.2, 0.25) is 0 Å². The van der Waals surface area contributed by atoms with Crippen LogP contribution in [0, 0.1) is 0 Å². The Hall–Kier alpha value is -2.69. The number of nitrogens with one attached hydrogen (secondary N) is 1. The van der Waals surface area contributed by atoms with Gasteiger partial charge in [-0.15, -0.1) is 5.10 Å². The number of thiol groups is 1. The molecule has 3 fully saturated rings. The summed E-state index contributed by atoms with van der Waals surface area (Å²) in [4.78, 5) is 41.7. The number of hydrogen-bond donors (Lipinski definition) is 5. The van der Waals surface area contributed by atoms with E-state index in [2.05, 4.69) is 47.5 Å². The molecule has 8 atom stereocenters. The predicted molar refractivity (Wildman–Crippen MR) is 152 cm³/mol. The summed E-state index contributed by atoms with van der Waals surface area (Å²) in [5.74, 6) is -2.89. The molecular weight excluding hydrogens is 671 g/mol. The van der Waals surface area contributed by atoms with Crippen LogP contribution in [0.5, 0.6) is 0 Å². The molecule has 3 aliphatic heterocycles. The second-order valence-electron chi connectivity index (χ2n) is 9.96. The summed E-state index contributed by atoms with van der Waals surface area (Å²) in [6.07, 6.45) is -3.63. The second-order valence-corrected chi connectivity index (χ2v) is 15.6. The first kappa shape index (κ1) is 30.0. The van der Waals surface area contributed by atoms with Gasteiger partial charge in [-0.05, 0) is 11.8 Å². The summed E-state index contributed by atoms with van der Waals surface area (Å²) in [6.45, 7) is -10.1. The van der Waals surface area contributed by atoms with Crippen LogP contribution >= 0.6 is 25.8 Å². The third kappa shape index (κ3) is 5.20. The average molecular weight is 694 g/mol. The maximum atomic E-state index is 16.8. The van der Waals surface area contributed by atoms with Gasteiger partial charge in [0.2, 0.25) is 5.95 Å². The number of anilines is 2. The van der Waals surface area contributed by atoms with Gasteiger partial charge in [0.25, 0.3) is 11.4 Å². The Kier molecular flexibility index (Phi) is 7.29. The molecule has 0 amide bonds. The highest BCUT2D eigenvalue weighted by Crippen LogP contribution is 2.58. The summed E-state index contributed by atoms with van der Waals surface area (Å²) in [6, 6.07) is 0. The molecule has 0 aliphatic carbocycles. The first-order chi connectivity index (χ1) is 20.8. The summed E-state index contributed by atoms with van der Waals surface area (Å²) in [5, 5.41) is 7.67. The van der Waals surface area contributed by atoms with Gasteiger partial charge in [-0.1, -0.05) is 17.5 Å². The van der Waals surface area contributed by atoms with E-state index in [1.807, 2.05) is 0 Å². The number of aromatic nitrogens is 9. The summed E-state index contributed by atoms with van der Waals surface area (Å²) in [5.41, 5.74) is 10.9. The van der Waals surface area contributed by atoms with E-state index in [-0.39, 0.29) is 47.1 Å². The van der Waals surface area contributed by atoms with Gasteiger partial charge >= 0.3 is 13.5 Å². The molecule has 6 N–H and O–H groups in total. The molecule has 0 radical (unpaired) electrons. The van der Waals surface area contributed by atoms with Crippen molar-refractivity contribution in [3.05, 3.63) is 23.0 Å². The van der Waals surface area contributed by atoms with Gasteiger partial charge in [-0.3, -0.25) is 27.9 Å². The number of imidazole rings is 1. The highest BCUT2D eigenvalue weighted by molar-refractivity contribution is 8.44. The van der Waals surface area contributed by atoms with E-state index in [1.165, 1.54) is 10.9 Å². The van der Waals surface area contributed by atoms with Crippen molar-refractivity contribution in [2.24, 2.45) is 0 Å². The van der Waals surface area contributed by atoms with Crippen LogP contribution in [-0.4, -0.2) is 93.6 Å². The predicted octanol–water partition coefficient (Wildman–Crippen LogP) is -0.101. The molecule has 0 saturated carbocycles. The number of nitrogen functional groups attached to an aromatic ring is 2. The molecule has 236 valence electrons. The molecule has 2 unspecified atom stereocenters. The van der Waals surface area contributed by atoms with Crippen LogP contribution in [0.3, 0.4) is 0 Å². The minimum absolute atomic E-state index is 0.0118. The Bertz CT molecular complexity index is 1930. The minimum atomic E-state index is -4.23. The summed E-state index contributed by atoms with van der Waals surface area (Å²) in [7, 11) is 0. The van der Waals surface area contributed by atoms with E-state index >= 15 is 4.39 Å². The van der Waals surface area contributed by atoms with Crippen LogP contribution in [0.1, 0.15) is 12.6 Å². The molecule has 3 aliphatic rings. The molecule has 3 saturated heterocycles. The number of rotatable bonds is 2. The van der Waals surface area contributed by atoms with Gasteiger partial charge in [-0.25, -0.2) is 23.9 Å². The number of ether oxygens (including phenoxy) is 2. The molecule has 44 heavy (non-hydrogen) atoms. The van der Waals surface area contributed by atoms with Gasteiger partial charge in [-0.2, -0.15) is 9.67 Å². The Morgan fingerprint density at radius 1 is 1.16 bits per heavy atom. The van der Waals surface area contributed by atoms with E-state index in [4.69, 9.17) is 50.8 Å². The normalized spacial score (nSPS) is 36.6. The summed E-state index contributed by atoms with van der Waals surface area (Å²) < 4.78 is 66.6. The highest BCUT2D eigenvalue weighted by atomic mass is 32.7. The van der Waals surface area contributed by atoms with Crippen LogP contribution in [0.25, 0.3) is 22.3 Å². The first-order valence-corrected chi connectivity index (χ1v) is 17.9. The van der Waals surface area contributed by atoms with Crippen molar-refractivity contribution in [1.29, 1.82) is 0 Å². The fraction of sp³-hybridized carbons (Fsp3) is 0.526. The van der Waals surface area contributed by atoms with Crippen LogP contribution in [0.15, 0.2) is 17.4 Å². The van der Waals surface area contributed by atoms with Gasteiger partial charge in [0.1, 0.15) is 25.1 Å². The van der Waals surface area contributed by atoms with Crippen LogP contribution in [0.4, 0.5) is 16.2 Å². The Morgan fingerprint density at radius 2 is 1.98 bits per heavy atom. The standard InChI is InChI=1S/C19H22FN11O9P2S2/c20-19(31-14-10(28-29-31)13(21)23-5-24-14)4-35-9-3-37-41(33,43)39-8-1-7(2-36-42(34,44)40-12(9)19)38-17(8)30-6-25-11-15(30)26-18(22)27-16(11)32/h5-9,12,17H,1-4H2,(H,33,43)(H,34,44)(H2,21,23,24)(H3,22,26,27,32)/t7-,8-,9+,12+,17+,19+,41?,42?/m0/s1. The largest absolute Gasteiger partial charge is 0.386 e. The average Bonchev–Trinajstić information content (AvgIpc) is 3.72. The van der Waals surface area contributed by atoms with Gasteiger partial charge in [0.15, 0.2) is 40.5 Å². The molecule has 0 spiro atoms. The number of aromatic amines is 1. The van der Waals surface area contributed by atoms with E-state index in [9.17, 15) is 14.3 Å². The van der Waals surface area contributed by atoms with Gasteiger partial charge in [0, 0.05) is 6.42 Å².